The van der Waals surface area contributed by atoms with Crippen LogP contribution in [0.15, 0.2) is 29.2 Å². The van der Waals surface area contributed by atoms with E-state index in [2.05, 4.69) is 12.1 Å². The molecule has 1 aliphatic heterocycles. The number of nitriles is 1. The molecule has 0 unspecified atom stereocenters. The summed E-state index contributed by atoms with van der Waals surface area (Å²) in [7, 11) is 0. The largest absolute Gasteiger partial charge is 0.311 e. The molecule has 0 aliphatic carbocycles. The van der Waals surface area contributed by atoms with Crippen molar-refractivity contribution in [2.24, 2.45) is 0 Å². The number of para-hydroxylation sites is 1. The summed E-state index contributed by atoms with van der Waals surface area (Å²) in [4.78, 5) is 15.0. The predicted molar refractivity (Wildman–Crippen MR) is 69.0 cm³/mol. The maximum atomic E-state index is 12.0. The maximum Gasteiger partial charge on any atom is 0.227 e. The Kier molecular flexibility index (Phi) is 4.05. The number of carbonyl (C=O) groups is 1. The molecule has 0 saturated carbocycles. The van der Waals surface area contributed by atoms with Gasteiger partial charge in [-0.15, -0.1) is 11.8 Å². The average molecular weight is 246 g/mol. The molecule has 4 heteroatoms. The van der Waals surface area contributed by atoms with Gasteiger partial charge in [0.2, 0.25) is 5.91 Å². The Morgan fingerprint density at radius 1 is 1.41 bits per heavy atom. The monoisotopic (exact) mass is 246 g/mol. The Balaban J connectivity index is 2.21. The van der Waals surface area contributed by atoms with Crippen molar-refractivity contribution in [1.29, 1.82) is 5.26 Å². The summed E-state index contributed by atoms with van der Waals surface area (Å²) in [5, 5.41) is 8.55. The third-order valence-corrected chi connectivity index (χ3v) is 3.77. The number of carbonyl (C=O) groups excluding carboxylic acids is 1. The van der Waals surface area contributed by atoms with Gasteiger partial charge in [-0.2, -0.15) is 5.26 Å². The van der Waals surface area contributed by atoms with Crippen LogP contribution in [0.4, 0.5) is 5.69 Å². The van der Waals surface area contributed by atoms with Crippen molar-refractivity contribution in [1.82, 2.24) is 0 Å². The molecule has 0 aromatic heterocycles. The summed E-state index contributed by atoms with van der Waals surface area (Å²) in [5.41, 5.74) is 0.998. The minimum Gasteiger partial charge on any atom is -0.311 e. The van der Waals surface area contributed by atoms with E-state index in [1.807, 2.05) is 23.1 Å². The van der Waals surface area contributed by atoms with Crippen molar-refractivity contribution >= 4 is 23.4 Å². The minimum atomic E-state index is 0.167. The molecule has 0 N–H and O–H groups in total. The first kappa shape index (κ1) is 12.0. The van der Waals surface area contributed by atoms with E-state index < -0.39 is 0 Å². The molecule has 0 atom stereocenters. The van der Waals surface area contributed by atoms with Gasteiger partial charge in [-0.25, -0.2) is 0 Å². The highest BCUT2D eigenvalue weighted by molar-refractivity contribution is 7.99. The van der Waals surface area contributed by atoms with Gasteiger partial charge >= 0.3 is 0 Å². The summed E-state index contributed by atoms with van der Waals surface area (Å²) >= 11 is 1.73. The molecule has 1 amide bonds. The summed E-state index contributed by atoms with van der Waals surface area (Å²) in [5.74, 6) is 1.00. The Morgan fingerprint density at radius 2 is 2.24 bits per heavy atom. The molecule has 1 aromatic carbocycles. The van der Waals surface area contributed by atoms with Gasteiger partial charge in [0.15, 0.2) is 0 Å². The van der Waals surface area contributed by atoms with Crippen LogP contribution in [0.25, 0.3) is 0 Å². The molecule has 0 bridgehead atoms. The number of nitrogens with zero attached hydrogens (tertiary/aromatic N) is 2. The van der Waals surface area contributed by atoms with Crippen molar-refractivity contribution < 1.29 is 4.79 Å². The van der Waals surface area contributed by atoms with E-state index in [1.54, 1.807) is 11.8 Å². The summed E-state index contributed by atoms with van der Waals surface area (Å²) in [6.45, 7) is 0.643. The quantitative estimate of drug-likeness (QED) is 0.770. The van der Waals surface area contributed by atoms with Gasteiger partial charge in [-0.3, -0.25) is 4.79 Å². The predicted octanol–water partition coefficient (Wildman–Crippen LogP) is 2.82. The Hall–Kier alpha value is -1.47. The van der Waals surface area contributed by atoms with E-state index >= 15 is 0 Å². The number of benzene rings is 1. The lowest BCUT2D eigenvalue weighted by Crippen LogP contribution is -2.31. The molecule has 0 saturated heterocycles. The number of unbranched alkanes of at least 4 members (excludes halogenated alkanes) is 1. The molecule has 2 rings (SSSR count). The van der Waals surface area contributed by atoms with E-state index in [9.17, 15) is 4.79 Å². The molecule has 17 heavy (non-hydrogen) atoms. The average Bonchev–Trinajstić information content (AvgIpc) is 2.50. The molecular formula is C13H14N2OS. The highest BCUT2D eigenvalue weighted by Gasteiger charge is 2.21. The first-order valence-electron chi connectivity index (χ1n) is 5.72. The highest BCUT2D eigenvalue weighted by Crippen LogP contribution is 2.33. The zero-order valence-corrected chi connectivity index (χ0v) is 10.4. The molecule has 0 spiro atoms. The Labute approximate surface area is 105 Å². The fraction of sp³-hybridized carbons (Fsp3) is 0.385. The van der Waals surface area contributed by atoms with Crippen molar-refractivity contribution in [3.05, 3.63) is 24.3 Å². The van der Waals surface area contributed by atoms with Crippen molar-refractivity contribution in [3.8, 4) is 6.07 Å². The maximum absolute atomic E-state index is 12.0. The first-order chi connectivity index (χ1) is 8.33. The lowest BCUT2D eigenvalue weighted by Gasteiger charge is -2.22. The molecule has 1 aliphatic rings. The van der Waals surface area contributed by atoms with Gasteiger partial charge in [0.05, 0.1) is 11.8 Å². The van der Waals surface area contributed by atoms with E-state index in [0.29, 0.717) is 19.4 Å². The fourth-order valence-electron chi connectivity index (χ4n) is 1.88. The summed E-state index contributed by atoms with van der Waals surface area (Å²) < 4.78 is 0. The lowest BCUT2D eigenvalue weighted by molar-refractivity contribution is -0.118. The SMILES string of the molecule is N#CCCCN1C(=O)CCSc2ccccc21. The molecule has 88 valence electrons. The Morgan fingerprint density at radius 3 is 3.06 bits per heavy atom. The van der Waals surface area contributed by atoms with Crippen LogP contribution >= 0.6 is 11.8 Å². The number of thioether (sulfide) groups is 1. The van der Waals surface area contributed by atoms with Crippen LogP contribution in [0, 0.1) is 11.3 Å². The molecule has 0 fully saturated rings. The van der Waals surface area contributed by atoms with Crippen LogP contribution in [0.2, 0.25) is 0 Å². The summed E-state index contributed by atoms with van der Waals surface area (Å²) in [6.07, 6.45) is 1.81. The third-order valence-electron chi connectivity index (χ3n) is 2.70. The van der Waals surface area contributed by atoms with Crippen LogP contribution in [-0.4, -0.2) is 18.2 Å². The van der Waals surface area contributed by atoms with Crippen molar-refractivity contribution in [2.75, 3.05) is 17.2 Å². The van der Waals surface area contributed by atoms with E-state index in [-0.39, 0.29) is 5.91 Å². The van der Waals surface area contributed by atoms with Gasteiger partial charge in [-0.1, -0.05) is 12.1 Å². The number of fused-ring (bicyclic) bond motifs is 1. The molecular weight excluding hydrogens is 232 g/mol. The van der Waals surface area contributed by atoms with Crippen LogP contribution in [0.5, 0.6) is 0 Å². The van der Waals surface area contributed by atoms with Gasteiger partial charge in [0.1, 0.15) is 0 Å². The van der Waals surface area contributed by atoms with Gasteiger partial charge in [-0.05, 0) is 18.6 Å². The number of rotatable bonds is 3. The minimum absolute atomic E-state index is 0.167. The Bertz CT molecular complexity index is 453. The van der Waals surface area contributed by atoms with E-state index in [0.717, 1.165) is 22.8 Å². The topological polar surface area (TPSA) is 44.1 Å². The third kappa shape index (κ3) is 2.80. The highest BCUT2D eigenvalue weighted by atomic mass is 32.2. The first-order valence-corrected chi connectivity index (χ1v) is 6.70. The van der Waals surface area contributed by atoms with Gasteiger partial charge in [0.25, 0.3) is 0 Å². The fourth-order valence-corrected chi connectivity index (χ4v) is 2.88. The van der Waals surface area contributed by atoms with E-state index in [1.165, 1.54) is 0 Å². The molecule has 1 aromatic rings. The van der Waals surface area contributed by atoms with Crippen LogP contribution in [0.3, 0.4) is 0 Å². The lowest BCUT2D eigenvalue weighted by atomic mass is 10.2. The number of amides is 1. The summed E-state index contributed by atoms with van der Waals surface area (Å²) in [6, 6.07) is 10.1. The van der Waals surface area contributed by atoms with Crippen LogP contribution in [-0.2, 0) is 4.79 Å². The number of anilines is 1. The second-order valence-corrected chi connectivity index (χ2v) is 5.01. The van der Waals surface area contributed by atoms with Gasteiger partial charge < -0.3 is 4.90 Å². The van der Waals surface area contributed by atoms with Gasteiger partial charge in [0, 0.05) is 30.0 Å². The van der Waals surface area contributed by atoms with Crippen LogP contribution < -0.4 is 4.90 Å². The number of hydrogen-bond acceptors (Lipinski definition) is 3. The van der Waals surface area contributed by atoms with Crippen LogP contribution in [0.1, 0.15) is 19.3 Å². The second kappa shape index (κ2) is 5.74. The second-order valence-electron chi connectivity index (χ2n) is 3.87. The standard InChI is InChI=1S/C13H14N2OS/c14-8-3-4-9-15-11-5-1-2-6-12(11)17-10-7-13(15)16/h1-2,5-6H,3-4,7,9-10H2. The molecule has 1 heterocycles. The smallest absolute Gasteiger partial charge is 0.227 e. The van der Waals surface area contributed by atoms with Crippen molar-refractivity contribution in [3.63, 3.8) is 0 Å². The molecule has 3 nitrogen and oxygen atoms in total. The zero-order chi connectivity index (χ0) is 12.1. The zero-order valence-electron chi connectivity index (χ0n) is 9.56. The van der Waals surface area contributed by atoms with E-state index in [4.69, 9.17) is 5.26 Å². The number of hydrogen-bond donors (Lipinski definition) is 0. The normalized spacial score (nSPS) is 15.0. The molecule has 0 radical (unpaired) electrons. The van der Waals surface area contributed by atoms with Crippen molar-refractivity contribution in [2.45, 2.75) is 24.2 Å².